The first kappa shape index (κ1) is 25.0. The van der Waals surface area contributed by atoms with Gasteiger partial charge in [0.05, 0.1) is 6.61 Å². The van der Waals surface area contributed by atoms with Gasteiger partial charge in [-0.25, -0.2) is 8.78 Å². The van der Waals surface area contributed by atoms with Crippen LogP contribution in [0.5, 0.6) is 0 Å². The minimum atomic E-state index is -1.94. The maximum absolute atomic E-state index is 14.3. The lowest BCUT2D eigenvalue weighted by Gasteiger charge is -2.48. The van der Waals surface area contributed by atoms with Gasteiger partial charge in [-0.05, 0) is 42.3 Å². The van der Waals surface area contributed by atoms with Crippen molar-refractivity contribution in [2.24, 2.45) is 0 Å². The lowest BCUT2D eigenvalue weighted by Crippen LogP contribution is -2.64. The van der Waals surface area contributed by atoms with E-state index in [4.69, 9.17) is 21.1 Å². The summed E-state index contributed by atoms with van der Waals surface area (Å²) < 4.78 is 39.7. The highest BCUT2D eigenvalue weighted by atomic mass is 35.5. The van der Waals surface area contributed by atoms with Crippen molar-refractivity contribution < 1.29 is 38.7 Å². The maximum Gasteiger partial charge on any atom is 0.224 e. The van der Waals surface area contributed by atoms with E-state index in [9.17, 15) is 29.2 Å². The number of halogens is 3. The minimum Gasteiger partial charge on any atom is -0.394 e. The molecule has 1 aliphatic heterocycles. The van der Waals surface area contributed by atoms with Gasteiger partial charge in [0, 0.05) is 28.7 Å². The molecule has 0 aliphatic carbocycles. The maximum atomic E-state index is 14.3. The van der Waals surface area contributed by atoms with Gasteiger partial charge in [-0.3, -0.25) is 0 Å². The first-order valence-electron chi connectivity index (χ1n) is 10.0. The molecule has 1 aliphatic rings. The number of aliphatic hydroxyl groups excluding tert-OH is 4. The van der Waals surface area contributed by atoms with Crippen molar-refractivity contribution >= 4 is 11.6 Å². The molecule has 32 heavy (non-hydrogen) atoms. The molecular formula is C23H27ClF2O6. The van der Waals surface area contributed by atoms with Crippen LogP contribution in [0.1, 0.15) is 36.1 Å². The van der Waals surface area contributed by atoms with Gasteiger partial charge in [-0.15, -0.1) is 0 Å². The predicted octanol–water partition coefficient (Wildman–Crippen LogP) is 2.53. The van der Waals surface area contributed by atoms with Gasteiger partial charge < -0.3 is 29.9 Å². The number of hydrogen-bond acceptors (Lipinski definition) is 6. The van der Waals surface area contributed by atoms with Gasteiger partial charge in [0.25, 0.3) is 0 Å². The largest absolute Gasteiger partial charge is 0.394 e. The first-order chi connectivity index (χ1) is 14.9. The highest BCUT2D eigenvalue weighted by molar-refractivity contribution is 6.31. The van der Waals surface area contributed by atoms with E-state index in [0.717, 1.165) is 0 Å². The smallest absolute Gasteiger partial charge is 0.224 e. The fourth-order valence-electron chi connectivity index (χ4n) is 4.05. The van der Waals surface area contributed by atoms with Crippen LogP contribution < -0.4 is 0 Å². The number of benzene rings is 2. The summed E-state index contributed by atoms with van der Waals surface area (Å²) in [6.07, 6.45) is -6.16. The Bertz CT molecular complexity index is 975. The fraction of sp³-hybridized carbons (Fsp3) is 0.478. The van der Waals surface area contributed by atoms with Crippen LogP contribution in [0.15, 0.2) is 30.3 Å². The number of aliphatic hydroxyl groups is 4. The lowest BCUT2D eigenvalue weighted by atomic mass is 9.76. The number of methoxy groups -OCH3 is 1. The van der Waals surface area contributed by atoms with Crippen LogP contribution in [0.25, 0.3) is 0 Å². The van der Waals surface area contributed by atoms with E-state index in [1.165, 1.54) is 38.3 Å². The van der Waals surface area contributed by atoms with Crippen molar-refractivity contribution in [3.63, 3.8) is 0 Å². The molecule has 0 amide bonds. The highest BCUT2D eigenvalue weighted by Gasteiger charge is 2.55. The Morgan fingerprint density at radius 1 is 1.09 bits per heavy atom. The number of ether oxygens (including phenoxy) is 2. The van der Waals surface area contributed by atoms with E-state index in [-0.39, 0.29) is 16.1 Å². The molecule has 1 saturated heterocycles. The summed E-state index contributed by atoms with van der Waals surface area (Å²) in [4.78, 5) is 0. The Labute approximate surface area is 190 Å². The normalized spacial score (nSPS) is 28.7. The van der Waals surface area contributed by atoms with Gasteiger partial charge in [-0.2, -0.15) is 0 Å². The highest BCUT2D eigenvalue weighted by Crippen LogP contribution is 2.43. The lowest BCUT2D eigenvalue weighted by molar-refractivity contribution is -0.366. The molecule has 1 fully saturated rings. The van der Waals surface area contributed by atoms with Crippen LogP contribution in [-0.2, 0) is 20.7 Å². The van der Waals surface area contributed by atoms with E-state index >= 15 is 0 Å². The second-order valence-electron chi connectivity index (χ2n) is 8.52. The zero-order valence-electron chi connectivity index (χ0n) is 18.1. The molecule has 176 valence electrons. The molecule has 0 radical (unpaired) electrons. The monoisotopic (exact) mass is 472 g/mol. The van der Waals surface area contributed by atoms with Gasteiger partial charge in [0.2, 0.25) is 5.79 Å². The van der Waals surface area contributed by atoms with Gasteiger partial charge in [0.1, 0.15) is 36.1 Å². The molecule has 0 bridgehead atoms. The van der Waals surface area contributed by atoms with E-state index in [1.54, 1.807) is 19.9 Å². The van der Waals surface area contributed by atoms with Crippen molar-refractivity contribution in [2.45, 2.75) is 56.4 Å². The van der Waals surface area contributed by atoms with Gasteiger partial charge >= 0.3 is 0 Å². The van der Waals surface area contributed by atoms with E-state index in [2.05, 4.69) is 0 Å². The number of rotatable bonds is 5. The van der Waals surface area contributed by atoms with Gasteiger partial charge in [0.15, 0.2) is 0 Å². The van der Waals surface area contributed by atoms with Crippen molar-refractivity contribution in [3.8, 4) is 0 Å². The average Bonchev–Trinajstić information content (AvgIpc) is 2.76. The molecule has 0 saturated carbocycles. The number of hydrogen-bond donors (Lipinski definition) is 4. The van der Waals surface area contributed by atoms with Crippen LogP contribution in [0.4, 0.5) is 8.78 Å². The Morgan fingerprint density at radius 3 is 2.22 bits per heavy atom. The van der Waals surface area contributed by atoms with E-state index in [1.807, 2.05) is 0 Å². The summed E-state index contributed by atoms with van der Waals surface area (Å²) in [7, 11) is 1.24. The minimum absolute atomic E-state index is 0.0935. The molecule has 1 unspecified atom stereocenters. The van der Waals surface area contributed by atoms with Gasteiger partial charge in [-0.1, -0.05) is 31.5 Å². The Hall–Kier alpha value is -1.65. The SMILES string of the molecule is COC1(c2ccc(Cl)c(C(C)(C)c3cc(F)c(C)c(F)c3)c2)O[C@H](CO)[C@@H](O)[C@H](O)[C@H]1O. The molecule has 2 aromatic rings. The standard InChI is InChI=1S/C23H27ClF2O6/c1-11-16(25)8-13(9-17(11)26)22(2,3)14-7-12(5-6-15(14)24)23(31-4)21(30)20(29)19(28)18(10-27)32-23/h5-9,18-21,27-30H,10H2,1-4H3/t18-,19-,20+,21-,23?/m1/s1. The Balaban J connectivity index is 2.16. The third-order valence-corrected chi connectivity index (χ3v) is 6.63. The third kappa shape index (κ3) is 3.94. The van der Waals surface area contributed by atoms with Crippen LogP contribution in [0.2, 0.25) is 5.02 Å². The zero-order chi connectivity index (χ0) is 24.0. The second kappa shape index (κ2) is 8.95. The van der Waals surface area contributed by atoms with Crippen molar-refractivity contribution in [1.82, 2.24) is 0 Å². The second-order valence-corrected chi connectivity index (χ2v) is 8.93. The third-order valence-electron chi connectivity index (χ3n) is 6.30. The molecule has 9 heteroatoms. The topological polar surface area (TPSA) is 99.4 Å². The van der Waals surface area contributed by atoms with Crippen molar-refractivity contribution in [2.75, 3.05) is 13.7 Å². The molecular weight excluding hydrogens is 446 g/mol. The average molecular weight is 473 g/mol. The summed E-state index contributed by atoms with van der Waals surface area (Å²) in [5.41, 5.74) is -0.0578. The molecule has 2 aromatic carbocycles. The molecule has 4 N–H and O–H groups in total. The fourth-order valence-corrected chi connectivity index (χ4v) is 4.40. The quantitative estimate of drug-likeness (QED) is 0.534. The summed E-state index contributed by atoms with van der Waals surface area (Å²) in [6, 6.07) is 7.03. The molecule has 6 nitrogen and oxygen atoms in total. The first-order valence-corrected chi connectivity index (χ1v) is 10.4. The molecule has 0 spiro atoms. The van der Waals surface area contributed by atoms with Crippen molar-refractivity contribution in [1.29, 1.82) is 0 Å². The summed E-state index contributed by atoms with van der Waals surface area (Å²) in [6.45, 7) is 4.17. The summed E-state index contributed by atoms with van der Waals surface area (Å²) in [5, 5.41) is 41.0. The van der Waals surface area contributed by atoms with Crippen LogP contribution in [0.3, 0.4) is 0 Å². The Kier molecular flexibility index (Phi) is 6.98. The van der Waals surface area contributed by atoms with Crippen molar-refractivity contribution in [3.05, 3.63) is 69.2 Å². The van der Waals surface area contributed by atoms with E-state index in [0.29, 0.717) is 11.1 Å². The molecule has 0 aromatic heterocycles. The Morgan fingerprint density at radius 2 is 1.69 bits per heavy atom. The molecule has 3 rings (SSSR count). The summed E-state index contributed by atoms with van der Waals surface area (Å²) >= 11 is 6.45. The summed E-state index contributed by atoms with van der Waals surface area (Å²) in [5.74, 6) is -3.32. The van der Waals surface area contributed by atoms with E-state index < -0.39 is 53.9 Å². The molecule has 1 heterocycles. The molecule has 5 atom stereocenters. The van der Waals surface area contributed by atoms with Crippen LogP contribution in [0, 0.1) is 18.6 Å². The van der Waals surface area contributed by atoms with Crippen LogP contribution >= 0.6 is 11.6 Å². The predicted molar refractivity (Wildman–Crippen MR) is 113 cm³/mol. The zero-order valence-corrected chi connectivity index (χ0v) is 18.9. The van der Waals surface area contributed by atoms with Crippen LogP contribution in [-0.4, -0.2) is 58.6 Å².